The van der Waals surface area contributed by atoms with Gasteiger partial charge in [-0.05, 0) is 61.0 Å². The van der Waals surface area contributed by atoms with Crippen LogP contribution in [0.15, 0.2) is 87.3 Å². The van der Waals surface area contributed by atoms with Crippen molar-refractivity contribution in [1.82, 2.24) is 5.43 Å². The van der Waals surface area contributed by atoms with E-state index in [9.17, 15) is 18.0 Å². The van der Waals surface area contributed by atoms with E-state index in [-0.39, 0.29) is 11.5 Å². The third-order valence-corrected chi connectivity index (χ3v) is 7.17. The van der Waals surface area contributed by atoms with E-state index in [0.717, 1.165) is 14.3 Å². The van der Waals surface area contributed by atoms with Gasteiger partial charge >= 0.3 is 5.97 Å². The van der Waals surface area contributed by atoms with E-state index in [4.69, 9.17) is 4.74 Å². The molecule has 0 fully saturated rings. The van der Waals surface area contributed by atoms with Gasteiger partial charge < -0.3 is 9.47 Å². The minimum absolute atomic E-state index is 0.0658. The molecule has 0 unspecified atom stereocenters. The lowest BCUT2D eigenvalue weighted by molar-refractivity contribution is -0.142. The highest BCUT2D eigenvalue weighted by molar-refractivity contribution is 9.10. The topological polar surface area (TPSA) is 114 Å². The molecule has 1 amide bonds. The molecule has 11 heteroatoms. The molecule has 3 aromatic rings. The molecule has 0 heterocycles. The molecule has 3 rings (SSSR count). The molecule has 9 nitrogen and oxygen atoms in total. The number of rotatable bonds is 10. The first-order chi connectivity index (χ1) is 17.2. The van der Waals surface area contributed by atoms with Gasteiger partial charge in [0.15, 0.2) is 6.61 Å². The Morgan fingerprint density at radius 2 is 1.75 bits per heavy atom. The number of aryl methyl sites for hydroxylation is 1. The molecular formula is C25H24BrN3O6S. The van der Waals surface area contributed by atoms with Gasteiger partial charge in [0, 0.05) is 4.47 Å². The smallest absolute Gasteiger partial charge is 0.343 e. The minimum atomic E-state index is -4.03. The normalized spacial score (nSPS) is 11.2. The first-order valence-corrected chi connectivity index (χ1v) is 12.9. The molecule has 0 spiro atoms. The third-order valence-electron chi connectivity index (χ3n) is 4.86. The van der Waals surface area contributed by atoms with Crippen molar-refractivity contribution in [2.45, 2.75) is 11.8 Å². The van der Waals surface area contributed by atoms with Gasteiger partial charge in [0.1, 0.15) is 12.3 Å². The Labute approximate surface area is 217 Å². The zero-order valence-electron chi connectivity index (χ0n) is 19.5. The van der Waals surface area contributed by atoms with Crippen molar-refractivity contribution in [3.05, 3.63) is 88.4 Å². The molecule has 0 atom stereocenters. The largest absolute Gasteiger partial charge is 0.482 e. The van der Waals surface area contributed by atoms with Gasteiger partial charge in [0.2, 0.25) is 0 Å². The fourth-order valence-corrected chi connectivity index (χ4v) is 4.68. The summed E-state index contributed by atoms with van der Waals surface area (Å²) in [6.45, 7) is 1.13. The summed E-state index contributed by atoms with van der Waals surface area (Å²) in [5.41, 5.74) is 4.19. The van der Waals surface area contributed by atoms with Crippen LogP contribution in [0.5, 0.6) is 5.75 Å². The summed E-state index contributed by atoms with van der Waals surface area (Å²) < 4.78 is 38.4. The number of carbonyl (C=O) groups excluding carboxylic acids is 2. The molecule has 188 valence electrons. The summed E-state index contributed by atoms with van der Waals surface area (Å²) in [4.78, 5) is 24.0. The Balaban J connectivity index is 1.74. The fourth-order valence-electron chi connectivity index (χ4n) is 2.99. The molecular weight excluding hydrogens is 550 g/mol. The van der Waals surface area contributed by atoms with Crippen molar-refractivity contribution >= 4 is 49.7 Å². The number of amides is 1. The van der Waals surface area contributed by atoms with Crippen LogP contribution in [0.4, 0.5) is 5.69 Å². The second-order valence-electron chi connectivity index (χ2n) is 7.53. The molecule has 0 radical (unpaired) electrons. The van der Waals surface area contributed by atoms with E-state index in [2.05, 4.69) is 31.2 Å². The number of benzene rings is 3. The van der Waals surface area contributed by atoms with Gasteiger partial charge in [-0.1, -0.05) is 45.8 Å². The number of nitrogens with zero attached hydrogens (tertiary/aromatic N) is 2. The van der Waals surface area contributed by atoms with Crippen LogP contribution in [-0.4, -0.2) is 46.8 Å². The summed E-state index contributed by atoms with van der Waals surface area (Å²) in [6, 6.07) is 19.7. The maximum atomic E-state index is 13.4. The van der Waals surface area contributed by atoms with Crippen molar-refractivity contribution < 1.29 is 27.5 Å². The maximum Gasteiger partial charge on any atom is 0.343 e. The molecule has 3 aromatic carbocycles. The molecule has 0 aliphatic rings. The summed E-state index contributed by atoms with van der Waals surface area (Å²) in [5, 5.41) is 3.92. The lowest BCUT2D eigenvalue weighted by atomic mass is 10.2. The first kappa shape index (κ1) is 26.9. The number of carbonyl (C=O) groups is 2. The van der Waals surface area contributed by atoms with Crippen molar-refractivity contribution in [1.29, 1.82) is 0 Å². The highest BCUT2D eigenvalue weighted by Crippen LogP contribution is 2.25. The minimum Gasteiger partial charge on any atom is -0.482 e. The number of esters is 1. The first-order valence-electron chi connectivity index (χ1n) is 10.7. The summed E-state index contributed by atoms with van der Waals surface area (Å²) in [7, 11) is -2.76. The van der Waals surface area contributed by atoms with Crippen LogP contribution in [0.1, 0.15) is 11.1 Å². The zero-order chi connectivity index (χ0) is 26.1. The zero-order valence-corrected chi connectivity index (χ0v) is 22.0. The van der Waals surface area contributed by atoms with Crippen LogP contribution in [-0.2, 0) is 24.3 Å². The van der Waals surface area contributed by atoms with Crippen LogP contribution >= 0.6 is 15.9 Å². The van der Waals surface area contributed by atoms with Gasteiger partial charge in [-0.25, -0.2) is 18.6 Å². The number of halogens is 1. The van der Waals surface area contributed by atoms with Crippen LogP contribution in [0.3, 0.4) is 0 Å². The monoisotopic (exact) mass is 573 g/mol. The van der Waals surface area contributed by atoms with Crippen molar-refractivity contribution in [2.75, 3.05) is 24.6 Å². The van der Waals surface area contributed by atoms with Crippen molar-refractivity contribution in [3.63, 3.8) is 0 Å². The molecule has 0 aliphatic carbocycles. The number of sulfonamides is 1. The Bertz CT molecular complexity index is 1340. The fraction of sp³-hybridized carbons (Fsp3) is 0.160. The van der Waals surface area contributed by atoms with E-state index in [1.165, 1.54) is 25.5 Å². The maximum absolute atomic E-state index is 13.4. The van der Waals surface area contributed by atoms with Gasteiger partial charge in [-0.2, -0.15) is 5.10 Å². The number of hydrogen-bond donors (Lipinski definition) is 1. The second-order valence-corrected chi connectivity index (χ2v) is 10.3. The molecule has 0 saturated heterocycles. The highest BCUT2D eigenvalue weighted by Gasteiger charge is 2.27. The van der Waals surface area contributed by atoms with Crippen LogP contribution < -0.4 is 14.5 Å². The average Bonchev–Trinajstić information content (AvgIpc) is 2.87. The standard InChI is InChI=1S/C25H24BrN3O6S/c1-18-6-12-23(13-7-18)36(32,33)29(21-10-8-20(26)9-11-21)16-24(30)28-27-15-19-4-3-5-22(14-19)35-17-25(31)34-2/h3-15H,16-17H2,1-2H3,(H,28,30)/b27-15-. The molecule has 1 N–H and O–H groups in total. The Morgan fingerprint density at radius 3 is 2.42 bits per heavy atom. The Kier molecular flexibility index (Phi) is 9.20. The number of anilines is 1. The van der Waals surface area contributed by atoms with E-state index < -0.39 is 28.4 Å². The van der Waals surface area contributed by atoms with Crippen LogP contribution in [0, 0.1) is 6.92 Å². The van der Waals surface area contributed by atoms with Gasteiger partial charge in [-0.3, -0.25) is 9.10 Å². The quantitative estimate of drug-likeness (QED) is 0.225. The van der Waals surface area contributed by atoms with E-state index in [0.29, 0.717) is 17.0 Å². The van der Waals surface area contributed by atoms with Gasteiger partial charge in [-0.15, -0.1) is 0 Å². The molecule has 0 aliphatic heterocycles. The van der Waals surface area contributed by atoms with Gasteiger partial charge in [0.05, 0.1) is 23.9 Å². The number of methoxy groups -OCH3 is 1. The number of hydrogen-bond acceptors (Lipinski definition) is 7. The van der Waals surface area contributed by atoms with E-state index in [1.54, 1.807) is 60.7 Å². The molecule has 0 aromatic heterocycles. The van der Waals surface area contributed by atoms with Crippen LogP contribution in [0.2, 0.25) is 0 Å². The number of ether oxygens (including phenoxy) is 2. The SMILES string of the molecule is COC(=O)COc1cccc(/C=N\NC(=O)CN(c2ccc(Br)cc2)S(=O)(=O)c2ccc(C)cc2)c1. The third kappa shape index (κ3) is 7.40. The lowest BCUT2D eigenvalue weighted by Crippen LogP contribution is -2.39. The lowest BCUT2D eigenvalue weighted by Gasteiger charge is -2.23. The van der Waals surface area contributed by atoms with Crippen molar-refractivity contribution in [2.24, 2.45) is 5.10 Å². The van der Waals surface area contributed by atoms with Crippen molar-refractivity contribution in [3.8, 4) is 5.75 Å². The summed E-state index contributed by atoms with van der Waals surface area (Å²) in [6.07, 6.45) is 1.38. The predicted octanol–water partition coefficient (Wildman–Crippen LogP) is 3.65. The summed E-state index contributed by atoms with van der Waals surface area (Å²) >= 11 is 3.33. The number of nitrogens with one attached hydrogen (secondary N) is 1. The van der Waals surface area contributed by atoms with Crippen LogP contribution in [0.25, 0.3) is 0 Å². The molecule has 0 saturated carbocycles. The molecule has 0 bridgehead atoms. The van der Waals surface area contributed by atoms with Gasteiger partial charge in [0.25, 0.3) is 15.9 Å². The highest BCUT2D eigenvalue weighted by atomic mass is 79.9. The Morgan fingerprint density at radius 1 is 1.06 bits per heavy atom. The van der Waals surface area contributed by atoms with E-state index >= 15 is 0 Å². The average molecular weight is 574 g/mol. The number of hydrazone groups is 1. The van der Waals surface area contributed by atoms with E-state index in [1.807, 2.05) is 6.92 Å². The predicted molar refractivity (Wildman–Crippen MR) is 140 cm³/mol. The second kappa shape index (κ2) is 12.3. The molecule has 36 heavy (non-hydrogen) atoms. The Hall–Kier alpha value is -3.70. The summed E-state index contributed by atoms with van der Waals surface area (Å²) in [5.74, 6) is -0.735.